The van der Waals surface area contributed by atoms with Crippen LogP contribution in [-0.4, -0.2) is 43.7 Å². The molecule has 0 unspecified atom stereocenters. The van der Waals surface area contributed by atoms with E-state index in [1.54, 1.807) is 31.2 Å². The van der Waals surface area contributed by atoms with Gasteiger partial charge >= 0.3 is 0 Å². The van der Waals surface area contributed by atoms with E-state index in [0.29, 0.717) is 16.8 Å². The maximum atomic E-state index is 14.7. The zero-order valence-electron chi connectivity index (χ0n) is 20.0. The van der Waals surface area contributed by atoms with Gasteiger partial charge < -0.3 is 9.47 Å². The number of methoxy groups -OCH3 is 1. The maximum absolute atomic E-state index is 14.7. The van der Waals surface area contributed by atoms with Gasteiger partial charge in [-0.1, -0.05) is 23.3 Å². The first kappa shape index (κ1) is 26.1. The minimum Gasteiger partial charge on any atom is -0.496 e. The summed E-state index contributed by atoms with van der Waals surface area (Å²) < 4.78 is 51.6. The highest BCUT2D eigenvalue weighted by atomic mass is 32.2. The lowest BCUT2D eigenvalue weighted by Crippen LogP contribution is -2.18. The molecule has 2 heterocycles. The fourth-order valence-electron chi connectivity index (χ4n) is 3.39. The Morgan fingerprint density at radius 2 is 1.89 bits per heavy atom. The van der Waals surface area contributed by atoms with Crippen LogP contribution in [0.3, 0.4) is 0 Å². The lowest BCUT2D eigenvalue weighted by Gasteiger charge is -2.14. The quantitative estimate of drug-likeness (QED) is 0.326. The summed E-state index contributed by atoms with van der Waals surface area (Å²) in [5, 5.41) is 10.8. The molecule has 4 aromatic rings. The molecule has 0 aliphatic carbocycles. The number of amides is 1. The lowest BCUT2D eigenvalue weighted by atomic mass is 9.98. The number of carbonyl (C=O) groups excluding carboxylic acids is 1. The highest BCUT2D eigenvalue weighted by Gasteiger charge is 2.21. The predicted molar refractivity (Wildman–Crippen MR) is 136 cm³/mol. The van der Waals surface area contributed by atoms with Gasteiger partial charge in [0.05, 0.1) is 23.1 Å². The van der Waals surface area contributed by atoms with Crippen LogP contribution in [-0.2, 0) is 16.6 Å². The van der Waals surface area contributed by atoms with Crippen LogP contribution in [0.4, 0.5) is 9.52 Å². The molecule has 0 fully saturated rings. The van der Waals surface area contributed by atoms with Gasteiger partial charge in [-0.2, -0.15) is 0 Å². The Kier molecular flexibility index (Phi) is 7.76. The number of rotatable bonds is 9. The van der Waals surface area contributed by atoms with Gasteiger partial charge in [0.15, 0.2) is 0 Å². The predicted octanol–water partition coefficient (Wildman–Crippen LogP) is 3.80. The summed E-state index contributed by atoms with van der Waals surface area (Å²) in [5.41, 5.74) is 1.91. The summed E-state index contributed by atoms with van der Waals surface area (Å²) in [4.78, 5) is 17.4. The molecule has 13 heteroatoms. The standard InChI is InChI=1S/C24H22FN5O5S2/c1-14-11-17(21-19(25)5-4-6-20(21)34-3)18(12-27-14)22(31)28-23-29-30-24(36-23)35-13-15-7-9-16(10-8-15)37(32,33)26-2/h4-12,26H,13H2,1-3H3,(H,28,29,31). The first-order valence-electron chi connectivity index (χ1n) is 10.8. The maximum Gasteiger partial charge on any atom is 0.296 e. The molecular formula is C24H22FN5O5S2. The Hall–Kier alpha value is -3.94. The van der Waals surface area contributed by atoms with E-state index >= 15 is 0 Å². The highest BCUT2D eigenvalue weighted by molar-refractivity contribution is 7.89. The fourth-order valence-corrected chi connectivity index (χ4v) is 4.71. The molecule has 0 bridgehead atoms. The number of aryl methyl sites for hydroxylation is 1. The van der Waals surface area contributed by atoms with Crippen molar-refractivity contribution in [3.8, 4) is 22.1 Å². The van der Waals surface area contributed by atoms with E-state index in [2.05, 4.69) is 25.2 Å². The number of hydrogen-bond donors (Lipinski definition) is 2. The number of carbonyl (C=O) groups is 1. The Morgan fingerprint density at radius 1 is 1.14 bits per heavy atom. The molecule has 4 rings (SSSR count). The van der Waals surface area contributed by atoms with Crippen LogP contribution in [0.2, 0.25) is 0 Å². The monoisotopic (exact) mass is 543 g/mol. The molecule has 2 aromatic carbocycles. The topological polar surface area (TPSA) is 132 Å². The second-order valence-electron chi connectivity index (χ2n) is 7.66. The SMILES string of the molecule is CNS(=O)(=O)c1ccc(COc2nnc(NC(=O)c3cnc(C)cc3-c3c(F)cccc3OC)s2)cc1. The molecule has 192 valence electrons. The van der Waals surface area contributed by atoms with Crippen molar-refractivity contribution in [3.05, 3.63) is 77.4 Å². The molecule has 1 amide bonds. The summed E-state index contributed by atoms with van der Waals surface area (Å²) in [6, 6.07) is 12.2. The molecule has 2 N–H and O–H groups in total. The molecule has 0 aliphatic heterocycles. The number of benzene rings is 2. The number of nitrogens with one attached hydrogen (secondary N) is 2. The average Bonchev–Trinajstić information content (AvgIpc) is 3.34. The first-order chi connectivity index (χ1) is 17.7. The number of pyridine rings is 1. The molecule has 0 radical (unpaired) electrons. The van der Waals surface area contributed by atoms with Crippen LogP contribution in [0.25, 0.3) is 11.1 Å². The molecule has 2 aromatic heterocycles. The average molecular weight is 544 g/mol. The van der Waals surface area contributed by atoms with E-state index in [1.165, 1.54) is 44.6 Å². The van der Waals surface area contributed by atoms with E-state index in [1.807, 2.05) is 0 Å². The van der Waals surface area contributed by atoms with Crippen LogP contribution >= 0.6 is 11.3 Å². The summed E-state index contributed by atoms with van der Waals surface area (Å²) in [5.74, 6) is -0.818. The minimum atomic E-state index is -3.53. The minimum absolute atomic E-state index is 0.113. The summed E-state index contributed by atoms with van der Waals surface area (Å²) in [6.45, 7) is 1.85. The van der Waals surface area contributed by atoms with Crippen molar-refractivity contribution in [2.45, 2.75) is 18.4 Å². The van der Waals surface area contributed by atoms with Gasteiger partial charge in [-0.25, -0.2) is 17.5 Å². The number of hydrogen-bond acceptors (Lipinski definition) is 9. The van der Waals surface area contributed by atoms with Crippen molar-refractivity contribution in [2.24, 2.45) is 0 Å². The summed E-state index contributed by atoms with van der Waals surface area (Å²) >= 11 is 1.00. The second kappa shape index (κ2) is 11.0. The van der Waals surface area contributed by atoms with Gasteiger partial charge in [0.25, 0.3) is 11.1 Å². The third-order valence-corrected chi connectivity index (χ3v) is 7.42. The number of nitrogens with zero attached hydrogens (tertiary/aromatic N) is 3. The molecule has 0 aliphatic rings. The molecular weight excluding hydrogens is 521 g/mol. The van der Waals surface area contributed by atoms with Crippen molar-refractivity contribution in [2.75, 3.05) is 19.5 Å². The number of halogens is 1. The molecule has 0 saturated carbocycles. The van der Waals surface area contributed by atoms with Crippen molar-refractivity contribution in [1.29, 1.82) is 0 Å². The van der Waals surface area contributed by atoms with Crippen molar-refractivity contribution >= 4 is 32.4 Å². The second-order valence-corrected chi connectivity index (χ2v) is 10.5. The number of sulfonamides is 1. The van der Waals surface area contributed by atoms with E-state index in [-0.39, 0.29) is 38.7 Å². The van der Waals surface area contributed by atoms with Gasteiger partial charge in [0.2, 0.25) is 15.2 Å². The smallest absolute Gasteiger partial charge is 0.296 e. The Bertz CT molecular complexity index is 1540. The summed E-state index contributed by atoms with van der Waals surface area (Å²) in [7, 11) is -0.764. The van der Waals surface area contributed by atoms with Crippen molar-refractivity contribution in [3.63, 3.8) is 0 Å². The number of anilines is 1. The Labute approximate surface area is 216 Å². The van der Waals surface area contributed by atoms with Gasteiger partial charge in [-0.3, -0.25) is 15.1 Å². The van der Waals surface area contributed by atoms with E-state index in [0.717, 1.165) is 11.3 Å². The highest BCUT2D eigenvalue weighted by Crippen LogP contribution is 2.35. The number of ether oxygens (including phenoxy) is 2. The van der Waals surface area contributed by atoms with Gasteiger partial charge in [-0.15, -0.1) is 5.10 Å². The molecule has 0 saturated heterocycles. The Morgan fingerprint density at radius 3 is 2.59 bits per heavy atom. The van der Waals surface area contributed by atoms with Crippen LogP contribution in [0, 0.1) is 12.7 Å². The zero-order chi connectivity index (χ0) is 26.6. The molecule has 37 heavy (non-hydrogen) atoms. The van der Waals surface area contributed by atoms with E-state index in [4.69, 9.17) is 9.47 Å². The van der Waals surface area contributed by atoms with Gasteiger partial charge in [0.1, 0.15) is 18.2 Å². The van der Waals surface area contributed by atoms with Crippen LogP contribution in [0.1, 0.15) is 21.6 Å². The van der Waals surface area contributed by atoms with E-state index < -0.39 is 21.7 Å². The lowest BCUT2D eigenvalue weighted by molar-refractivity contribution is 0.102. The fraction of sp³-hybridized carbons (Fsp3) is 0.167. The molecule has 10 nitrogen and oxygen atoms in total. The van der Waals surface area contributed by atoms with Crippen LogP contribution in [0.5, 0.6) is 10.9 Å². The molecule has 0 atom stereocenters. The Balaban J connectivity index is 1.48. The van der Waals surface area contributed by atoms with Crippen molar-refractivity contribution < 1.29 is 27.1 Å². The third kappa shape index (κ3) is 5.90. The zero-order valence-corrected chi connectivity index (χ0v) is 21.6. The first-order valence-corrected chi connectivity index (χ1v) is 13.1. The van der Waals surface area contributed by atoms with Crippen LogP contribution in [0.15, 0.2) is 59.6 Å². The normalized spacial score (nSPS) is 11.2. The number of aromatic nitrogens is 3. The largest absolute Gasteiger partial charge is 0.496 e. The summed E-state index contributed by atoms with van der Waals surface area (Å²) in [6.07, 6.45) is 1.36. The van der Waals surface area contributed by atoms with Crippen molar-refractivity contribution in [1.82, 2.24) is 19.9 Å². The van der Waals surface area contributed by atoms with Crippen LogP contribution < -0.4 is 19.5 Å². The third-order valence-electron chi connectivity index (χ3n) is 5.24. The molecule has 0 spiro atoms. The van der Waals surface area contributed by atoms with Gasteiger partial charge in [-0.05, 0) is 61.2 Å². The van der Waals surface area contributed by atoms with Gasteiger partial charge in [0, 0.05) is 17.5 Å². The van der Waals surface area contributed by atoms with E-state index in [9.17, 15) is 17.6 Å².